The number of esters is 1. The number of nitrogens with one attached hydrogen (secondary N) is 1. The van der Waals surface area contributed by atoms with Gasteiger partial charge in [0.1, 0.15) is 0 Å². The highest BCUT2D eigenvalue weighted by Crippen LogP contribution is 2.09. The van der Waals surface area contributed by atoms with E-state index in [0.29, 0.717) is 25.1 Å². The summed E-state index contributed by atoms with van der Waals surface area (Å²) in [5.41, 5.74) is 5.91. The lowest BCUT2D eigenvalue weighted by atomic mass is 10.1. The van der Waals surface area contributed by atoms with Crippen LogP contribution in [0.5, 0.6) is 0 Å². The minimum absolute atomic E-state index is 0.264. The van der Waals surface area contributed by atoms with Crippen LogP contribution in [0.2, 0.25) is 0 Å². The smallest absolute Gasteiger partial charge is 0.338 e. The molecule has 1 amide bonds. The average Bonchev–Trinajstić information content (AvgIpc) is 2.38. The number of hydrogen-bond donors (Lipinski definition) is 2. The Labute approximate surface area is 99.9 Å². The molecule has 92 valence electrons. The van der Waals surface area contributed by atoms with E-state index in [1.165, 1.54) is 7.11 Å². The molecule has 0 saturated heterocycles. The van der Waals surface area contributed by atoms with Gasteiger partial charge in [-0.25, -0.2) is 4.79 Å². The van der Waals surface area contributed by atoms with Gasteiger partial charge in [0.05, 0.1) is 18.2 Å². The van der Waals surface area contributed by atoms with Crippen LogP contribution in [0.25, 0.3) is 0 Å². The van der Waals surface area contributed by atoms with E-state index < -0.39 is 5.97 Å². The Morgan fingerprint density at radius 3 is 2.53 bits per heavy atom. The maximum Gasteiger partial charge on any atom is 0.338 e. The van der Waals surface area contributed by atoms with E-state index in [0.717, 1.165) is 0 Å². The van der Waals surface area contributed by atoms with Crippen LogP contribution in [-0.2, 0) is 4.74 Å². The molecule has 0 fully saturated rings. The number of hydrogen-bond acceptors (Lipinski definition) is 4. The molecule has 5 heteroatoms. The van der Waals surface area contributed by atoms with Crippen LogP contribution < -0.4 is 11.1 Å². The highest BCUT2D eigenvalue weighted by Gasteiger charge is 2.16. The van der Waals surface area contributed by atoms with Gasteiger partial charge in [0, 0.05) is 6.54 Å². The van der Waals surface area contributed by atoms with E-state index in [-0.39, 0.29) is 11.5 Å². The normalized spacial score (nSPS) is 9.76. The Morgan fingerprint density at radius 1 is 1.29 bits per heavy atom. The lowest BCUT2D eigenvalue weighted by molar-refractivity contribution is 0.0596. The number of nitrogens with two attached hydrogens (primary N) is 1. The second-order valence-electron chi connectivity index (χ2n) is 3.44. The van der Waals surface area contributed by atoms with E-state index in [1.54, 1.807) is 24.3 Å². The Kier molecular flexibility index (Phi) is 5.16. The first kappa shape index (κ1) is 13.2. The molecule has 5 nitrogen and oxygen atoms in total. The summed E-state index contributed by atoms with van der Waals surface area (Å²) in [6.07, 6.45) is 0.701. The maximum absolute atomic E-state index is 11.8. The van der Waals surface area contributed by atoms with Crippen molar-refractivity contribution in [1.29, 1.82) is 0 Å². The highest BCUT2D eigenvalue weighted by molar-refractivity contribution is 6.05. The number of amides is 1. The molecular formula is C12H16N2O3. The number of rotatable bonds is 5. The first-order valence-electron chi connectivity index (χ1n) is 5.36. The second-order valence-corrected chi connectivity index (χ2v) is 3.44. The Hall–Kier alpha value is -1.88. The third-order valence-corrected chi connectivity index (χ3v) is 2.24. The van der Waals surface area contributed by atoms with E-state index in [4.69, 9.17) is 5.73 Å². The molecule has 0 aliphatic rings. The number of carbonyl (C=O) groups is 2. The van der Waals surface area contributed by atoms with Gasteiger partial charge in [-0.2, -0.15) is 0 Å². The van der Waals surface area contributed by atoms with Gasteiger partial charge in [0.15, 0.2) is 0 Å². The molecule has 0 aliphatic carbocycles. The number of benzene rings is 1. The van der Waals surface area contributed by atoms with Gasteiger partial charge in [-0.15, -0.1) is 0 Å². The van der Waals surface area contributed by atoms with Crippen molar-refractivity contribution in [2.75, 3.05) is 20.2 Å². The zero-order valence-corrected chi connectivity index (χ0v) is 9.73. The summed E-state index contributed by atoms with van der Waals surface area (Å²) in [5.74, 6) is -0.811. The van der Waals surface area contributed by atoms with Crippen molar-refractivity contribution >= 4 is 11.9 Å². The van der Waals surface area contributed by atoms with Gasteiger partial charge in [-0.05, 0) is 25.1 Å². The lowest BCUT2D eigenvalue weighted by Crippen LogP contribution is -2.27. The Balaban J connectivity index is 2.82. The van der Waals surface area contributed by atoms with E-state index in [2.05, 4.69) is 10.1 Å². The van der Waals surface area contributed by atoms with Gasteiger partial charge in [-0.3, -0.25) is 4.79 Å². The van der Waals surface area contributed by atoms with Crippen molar-refractivity contribution in [3.05, 3.63) is 35.4 Å². The third kappa shape index (κ3) is 3.57. The molecule has 0 heterocycles. The van der Waals surface area contributed by atoms with Crippen LogP contribution in [0.3, 0.4) is 0 Å². The molecule has 0 unspecified atom stereocenters. The van der Waals surface area contributed by atoms with E-state index in [9.17, 15) is 9.59 Å². The van der Waals surface area contributed by atoms with Gasteiger partial charge in [0.25, 0.3) is 5.91 Å². The zero-order chi connectivity index (χ0) is 12.7. The molecule has 1 aromatic carbocycles. The summed E-state index contributed by atoms with van der Waals surface area (Å²) in [5, 5.41) is 2.69. The fraction of sp³-hybridized carbons (Fsp3) is 0.333. The van der Waals surface area contributed by atoms with Crippen LogP contribution in [-0.4, -0.2) is 32.1 Å². The SMILES string of the molecule is COC(=O)c1ccccc1C(=O)NCCCN. The predicted molar refractivity (Wildman–Crippen MR) is 63.8 cm³/mol. The molecule has 0 aromatic heterocycles. The fourth-order valence-electron chi connectivity index (χ4n) is 1.37. The van der Waals surface area contributed by atoms with E-state index >= 15 is 0 Å². The largest absolute Gasteiger partial charge is 0.465 e. The van der Waals surface area contributed by atoms with Crippen molar-refractivity contribution in [1.82, 2.24) is 5.32 Å². The van der Waals surface area contributed by atoms with Crippen molar-refractivity contribution in [2.24, 2.45) is 5.73 Å². The number of methoxy groups -OCH3 is 1. The summed E-state index contributed by atoms with van der Waals surface area (Å²) in [6.45, 7) is 1.00. The molecule has 3 N–H and O–H groups in total. The minimum atomic E-state index is -0.519. The maximum atomic E-state index is 11.8. The van der Waals surface area contributed by atoms with Crippen LogP contribution >= 0.6 is 0 Å². The number of ether oxygens (including phenoxy) is 1. The number of carbonyl (C=O) groups excluding carboxylic acids is 2. The molecule has 1 aromatic rings. The third-order valence-electron chi connectivity index (χ3n) is 2.24. The summed E-state index contributed by atoms with van der Waals surface area (Å²) in [7, 11) is 1.28. The summed E-state index contributed by atoms with van der Waals surface area (Å²) >= 11 is 0. The van der Waals surface area contributed by atoms with Gasteiger partial charge >= 0.3 is 5.97 Å². The van der Waals surface area contributed by atoms with Crippen LogP contribution in [0, 0.1) is 0 Å². The predicted octanol–water partition coefficient (Wildman–Crippen LogP) is 0.552. The molecule has 0 saturated carbocycles. The second kappa shape index (κ2) is 6.65. The molecule has 0 radical (unpaired) electrons. The standard InChI is InChI=1S/C12H16N2O3/c1-17-12(16)10-6-3-2-5-9(10)11(15)14-8-4-7-13/h2-3,5-6H,4,7-8,13H2,1H3,(H,14,15). The molecule has 0 aliphatic heterocycles. The Morgan fingerprint density at radius 2 is 1.94 bits per heavy atom. The first-order valence-corrected chi connectivity index (χ1v) is 5.36. The van der Waals surface area contributed by atoms with Crippen LogP contribution in [0.4, 0.5) is 0 Å². The zero-order valence-electron chi connectivity index (χ0n) is 9.73. The lowest BCUT2D eigenvalue weighted by Gasteiger charge is -2.08. The summed E-state index contributed by atoms with van der Waals surface area (Å²) < 4.78 is 4.61. The van der Waals surface area contributed by atoms with Gasteiger partial charge in [-0.1, -0.05) is 12.1 Å². The molecule has 0 bridgehead atoms. The highest BCUT2D eigenvalue weighted by atomic mass is 16.5. The summed E-state index contributed by atoms with van der Waals surface area (Å²) in [4.78, 5) is 23.2. The van der Waals surface area contributed by atoms with Crippen molar-refractivity contribution in [2.45, 2.75) is 6.42 Å². The minimum Gasteiger partial charge on any atom is -0.465 e. The van der Waals surface area contributed by atoms with Crippen LogP contribution in [0.1, 0.15) is 27.1 Å². The molecule has 0 spiro atoms. The monoisotopic (exact) mass is 236 g/mol. The summed E-state index contributed by atoms with van der Waals surface area (Å²) in [6, 6.07) is 6.53. The fourth-order valence-corrected chi connectivity index (χ4v) is 1.37. The van der Waals surface area contributed by atoms with Gasteiger partial charge in [0.2, 0.25) is 0 Å². The topological polar surface area (TPSA) is 81.4 Å². The molecular weight excluding hydrogens is 220 g/mol. The molecule has 0 atom stereocenters. The first-order chi connectivity index (χ1) is 8.20. The van der Waals surface area contributed by atoms with Gasteiger partial charge < -0.3 is 15.8 Å². The van der Waals surface area contributed by atoms with E-state index in [1.807, 2.05) is 0 Å². The molecule has 17 heavy (non-hydrogen) atoms. The van der Waals surface area contributed by atoms with Crippen molar-refractivity contribution in [3.8, 4) is 0 Å². The molecule has 1 rings (SSSR count). The quantitative estimate of drug-likeness (QED) is 0.578. The Bertz CT molecular complexity index is 404. The van der Waals surface area contributed by atoms with Crippen LogP contribution in [0.15, 0.2) is 24.3 Å². The van der Waals surface area contributed by atoms with Crippen molar-refractivity contribution in [3.63, 3.8) is 0 Å². The van der Waals surface area contributed by atoms with Crippen molar-refractivity contribution < 1.29 is 14.3 Å². The average molecular weight is 236 g/mol.